The maximum atomic E-state index is 14.0. The summed E-state index contributed by atoms with van der Waals surface area (Å²) < 4.78 is 18.9. The number of hydrogen-bond donors (Lipinski definition) is 2. The Morgan fingerprint density at radius 1 is 1.23 bits per heavy atom. The smallest absolute Gasteiger partial charge is 0.254 e. The van der Waals surface area contributed by atoms with Crippen molar-refractivity contribution in [1.29, 1.82) is 0 Å². The molecule has 2 aromatic rings. The first-order valence-electron chi connectivity index (χ1n) is 6.84. The summed E-state index contributed by atoms with van der Waals surface area (Å²) in [6, 6.07) is 13.3. The number of benzene rings is 2. The van der Waals surface area contributed by atoms with Crippen molar-refractivity contribution in [1.82, 2.24) is 5.32 Å². The average Bonchev–Trinajstić information content (AvgIpc) is 2.54. The van der Waals surface area contributed by atoms with Gasteiger partial charge in [-0.1, -0.05) is 36.4 Å². The first-order chi connectivity index (χ1) is 10.5. The van der Waals surface area contributed by atoms with Crippen LogP contribution in [0.3, 0.4) is 0 Å². The molecule has 0 spiro atoms. The predicted octanol–water partition coefficient (Wildman–Crippen LogP) is 2.47. The number of aliphatic hydroxyl groups is 1. The SMILES string of the molecule is COc1cccc(C(=O)NCC(C)(O)c2ccccc2)c1F. The molecule has 2 rings (SSSR count). The van der Waals surface area contributed by atoms with Gasteiger partial charge in [0, 0.05) is 0 Å². The summed E-state index contributed by atoms with van der Waals surface area (Å²) in [5, 5.41) is 13.0. The fraction of sp³-hybridized carbons (Fsp3) is 0.235. The van der Waals surface area contributed by atoms with E-state index >= 15 is 0 Å². The van der Waals surface area contributed by atoms with Crippen LogP contribution in [0.2, 0.25) is 0 Å². The Balaban J connectivity index is 2.10. The minimum atomic E-state index is -1.24. The lowest BCUT2D eigenvalue weighted by molar-refractivity contribution is 0.0525. The molecule has 22 heavy (non-hydrogen) atoms. The number of ether oxygens (including phenoxy) is 1. The van der Waals surface area contributed by atoms with E-state index in [9.17, 15) is 14.3 Å². The number of hydrogen-bond acceptors (Lipinski definition) is 3. The molecule has 0 aliphatic carbocycles. The van der Waals surface area contributed by atoms with Crippen molar-refractivity contribution >= 4 is 5.91 Å². The van der Waals surface area contributed by atoms with Gasteiger partial charge in [0.2, 0.25) is 0 Å². The first-order valence-corrected chi connectivity index (χ1v) is 6.84. The van der Waals surface area contributed by atoms with Crippen LogP contribution in [0, 0.1) is 5.82 Å². The molecule has 5 heteroatoms. The zero-order valence-electron chi connectivity index (χ0n) is 12.5. The van der Waals surface area contributed by atoms with Crippen LogP contribution in [0.15, 0.2) is 48.5 Å². The van der Waals surface area contributed by atoms with E-state index in [1.165, 1.54) is 25.3 Å². The van der Waals surface area contributed by atoms with E-state index in [4.69, 9.17) is 4.74 Å². The Morgan fingerprint density at radius 3 is 2.55 bits per heavy atom. The van der Waals surface area contributed by atoms with Crippen LogP contribution in [-0.2, 0) is 5.60 Å². The predicted molar refractivity (Wildman–Crippen MR) is 81.3 cm³/mol. The van der Waals surface area contributed by atoms with Gasteiger partial charge in [0.15, 0.2) is 11.6 Å². The van der Waals surface area contributed by atoms with Crippen LogP contribution >= 0.6 is 0 Å². The topological polar surface area (TPSA) is 58.6 Å². The van der Waals surface area contributed by atoms with Gasteiger partial charge in [0.1, 0.15) is 5.60 Å². The maximum absolute atomic E-state index is 14.0. The molecule has 2 aromatic carbocycles. The highest BCUT2D eigenvalue weighted by Crippen LogP contribution is 2.21. The monoisotopic (exact) mass is 303 g/mol. The van der Waals surface area contributed by atoms with Gasteiger partial charge in [0.05, 0.1) is 19.2 Å². The lowest BCUT2D eigenvalue weighted by Crippen LogP contribution is -2.38. The Kier molecular flexibility index (Phi) is 4.78. The molecule has 2 N–H and O–H groups in total. The van der Waals surface area contributed by atoms with Gasteiger partial charge in [-0.3, -0.25) is 4.79 Å². The molecule has 0 aliphatic heterocycles. The van der Waals surface area contributed by atoms with Gasteiger partial charge in [0.25, 0.3) is 5.91 Å². The summed E-state index contributed by atoms with van der Waals surface area (Å²) in [5.41, 5.74) is -0.698. The molecule has 0 heterocycles. The van der Waals surface area contributed by atoms with Crippen molar-refractivity contribution in [2.45, 2.75) is 12.5 Å². The van der Waals surface area contributed by atoms with E-state index in [0.717, 1.165) is 0 Å². The third kappa shape index (κ3) is 3.43. The number of methoxy groups -OCH3 is 1. The summed E-state index contributed by atoms with van der Waals surface area (Å²) in [7, 11) is 1.33. The number of carbonyl (C=O) groups is 1. The molecule has 0 aliphatic rings. The molecular weight excluding hydrogens is 285 g/mol. The van der Waals surface area contributed by atoms with Crippen molar-refractivity contribution in [3.63, 3.8) is 0 Å². The standard InChI is InChI=1S/C17H18FNO3/c1-17(21,12-7-4-3-5-8-12)11-19-16(20)13-9-6-10-14(22-2)15(13)18/h3-10,21H,11H2,1-2H3,(H,19,20). The van der Waals surface area contributed by atoms with E-state index in [1.807, 2.05) is 6.07 Å². The Bertz CT molecular complexity index is 656. The second-order valence-corrected chi connectivity index (χ2v) is 5.14. The molecule has 1 unspecified atom stereocenters. The van der Waals surface area contributed by atoms with Crippen molar-refractivity contribution in [3.05, 3.63) is 65.5 Å². The third-order valence-corrected chi connectivity index (χ3v) is 3.42. The molecule has 0 fully saturated rings. The molecule has 1 atom stereocenters. The van der Waals surface area contributed by atoms with Gasteiger partial charge in [-0.05, 0) is 24.6 Å². The van der Waals surface area contributed by atoms with Gasteiger partial charge < -0.3 is 15.2 Å². The van der Waals surface area contributed by atoms with E-state index in [1.54, 1.807) is 31.2 Å². The minimum absolute atomic E-state index is 0.00229. The van der Waals surface area contributed by atoms with Crippen LogP contribution in [0.25, 0.3) is 0 Å². The van der Waals surface area contributed by atoms with Crippen molar-refractivity contribution in [2.24, 2.45) is 0 Å². The van der Waals surface area contributed by atoms with Gasteiger partial charge in [-0.15, -0.1) is 0 Å². The molecule has 0 radical (unpaired) electrons. The molecular formula is C17H18FNO3. The van der Waals surface area contributed by atoms with Crippen LogP contribution in [0.5, 0.6) is 5.75 Å². The van der Waals surface area contributed by atoms with E-state index in [2.05, 4.69) is 5.32 Å². The fourth-order valence-corrected chi connectivity index (χ4v) is 2.09. The van der Waals surface area contributed by atoms with Crippen LogP contribution < -0.4 is 10.1 Å². The van der Waals surface area contributed by atoms with Crippen molar-refractivity contribution < 1.29 is 19.0 Å². The lowest BCUT2D eigenvalue weighted by Gasteiger charge is -2.24. The number of amides is 1. The highest BCUT2D eigenvalue weighted by atomic mass is 19.1. The molecule has 0 aromatic heterocycles. The largest absolute Gasteiger partial charge is 0.494 e. The number of carbonyl (C=O) groups excluding carboxylic acids is 1. The van der Waals surface area contributed by atoms with Gasteiger partial charge >= 0.3 is 0 Å². The quantitative estimate of drug-likeness (QED) is 0.892. The van der Waals surface area contributed by atoms with E-state index in [-0.39, 0.29) is 17.9 Å². The minimum Gasteiger partial charge on any atom is -0.494 e. The normalized spacial score (nSPS) is 13.3. The fourth-order valence-electron chi connectivity index (χ4n) is 2.09. The Morgan fingerprint density at radius 2 is 1.91 bits per heavy atom. The van der Waals surface area contributed by atoms with Gasteiger partial charge in [-0.2, -0.15) is 0 Å². The van der Waals surface area contributed by atoms with Crippen LogP contribution in [0.4, 0.5) is 4.39 Å². The Labute approximate surface area is 128 Å². The molecule has 0 saturated heterocycles. The van der Waals surface area contributed by atoms with Crippen molar-refractivity contribution in [2.75, 3.05) is 13.7 Å². The van der Waals surface area contributed by atoms with Crippen LogP contribution in [-0.4, -0.2) is 24.7 Å². The molecule has 0 bridgehead atoms. The molecule has 0 saturated carbocycles. The second kappa shape index (κ2) is 6.58. The average molecular weight is 303 g/mol. The van der Waals surface area contributed by atoms with E-state index in [0.29, 0.717) is 5.56 Å². The van der Waals surface area contributed by atoms with Gasteiger partial charge in [-0.25, -0.2) is 4.39 Å². The highest BCUT2D eigenvalue weighted by molar-refractivity contribution is 5.94. The number of nitrogens with one attached hydrogen (secondary N) is 1. The molecule has 116 valence electrons. The summed E-state index contributed by atoms with van der Waals surface area (Å²) in [4.78, 5) is 12.1. The zero-order chi connectivity index (χ0) is 16.2. The van der Waals surface area contributed by atoms with Crippen molar-refractivity contribution in [3.8, 4) is 5.75 Å². The number of rotatable bonds is 5. The zero-order valence-corrected chi connectivity index (χ0v) is 12.5. The Hall–Kier alpha value is -2.40. The maximum Gasteiger partial charge on any atom is 0.254 e. The molecule has 4 nitrogen and oxygen atoms in total. The third-order valence-electron chi connectivity index (χ3n) is 3.42. The summed E-state index contributed by atoms with van der Waals surface area (Å²) in [5.74, 6) is -1.32. The van der Waals surface area contributed by atoms with E-state index < -0.39 is 17.3 Å². The number of halogens is 1. The summed E-state index contributed by atoms with van der Waals surface area (Å²) in [6.45, 7) is 1.55. The lowest BCUT2D eigenvalue weighted by atomic mass is 9.96. The second-order valence-electron chi connectivity index (χ2n) is 5.14. The molecule has 1 amide bonds. The summed E-state index contributed by atoms with van der Waals surface area (Å²) in [6.07, 6.45) is 0. The highest BCUT2D eigenvalue weighted by Gasteiger charge is 2.24. The van der Waals surface area contributed by atoms with Crippen LogP contribution in [0.1, 0.15) is 22.8 Å². The first kappa shape index (κ1) is 16.0. The summed E-state index contributed by atoms with van der Waals surface area (Å²) >= 11 is 0.